The third-order valence-electron chi connectivity index (χ3n) is 7.21. The summed E-state index contributed by atoms with van der Waals surface area (Å²) in [6.45, 7) is 4.86. The molecule has 42 heavy (non-hydrogen) atoms. The number of aromatic nitrogens is 1. The predicted octanol–water partition coefficient (Wildman–Crippen LogP) is 7.27. The van der Waals surface area contributed by atoms with Crippen LogP contribution in [0.3, 0.4) is 0 Å². The summed E-state index contributed by atoms with van der Waals surface area (Å²) in [6.07, 6.45) is 10.4. The number of nitrogens with zero attached hydrogens (tertiary/aromatic N) is 1. The number of alkyl halides is 1. The summed E-state index contributed by atoms with van der Waals surface area (Å²) in [6, 6.07) is 13.0. The third kappa shape index (κ3) is 7.21. The molecule has 1 aromatic heterocycles. The first-order valence-corrected chi connectivity index (χ1v) is 14.4. The zero-order chi connectivity index (χ0) is 30.1. The molecule has 1 aliphatic carbocycles. The fourth-order valence-corrected chi connectivity index (χ4v) is 5.15. The number of carbonyl (C=O) groups excluding carboxylic acids is 2. The summed E-state index contributed by atoms with van der Waals surface area (Å²) < 4.78 is 23.5. The lowest BCUT2D eigenvalue weighted by molar-refractivity contribution is -0.0591. The molecule has 2 atom stereocenters. The van der Waals surface area contributed by atoms with E-state index in [-0.39, 0.29) is 35.5 Å². The van der Waals surface area contributed by atoms with E-state index in [2.05, 4.69) is 37.0 Å². The van der Waals surface area contributed by atoms with Crippen molar-refractivity contribution < 1.29 is 28.5 Å². The predicted molar refractivity (Wildman–Crippen MR) is 164 cm³/mol. The second-order valence-electron chi connectivity index (χ2n) is 9.95. The molecule has 0 amide bonds. The number of carbonyl (C=O) groups is 2. The lowest BCUT2D eigenvalue weighted by Gasteiger charge is -2.40. The number of pyridine rings is 1. The van der Waals surface area contributed by atoms with Crippen molar-refractivity contribution in [2.75, 3.05) is 26.2 Å². The highest BCUT2D eigenvalue weighted by Gasteiger charge is 2.40. The van der Waals surface area contributed by atoms with Gasteiger partial charge in [-0.25, -0.2) is 4.79 Å². The molecule has 2 unspecified atom stereocenters. The van der Waals surface area contributed by atoms with Gasteiger partial charge in [0.15, 0.2) is 6.29 Å². The number of rotatable bonds is 13. The molecule has 2 aromatic carbocycles. The Kier molecular flexibility index (Phi) is 10.8. The minimum absolute atomic E-state index is 0.0512. The average molecular weight is 611 g/mol. The van der Waals surface area contributed by atoms with E-state index in [1.165, 1.54) is 24.9 Å². The van der Waals surface area contributed by atoms with Crippen molar-refractivity contribution in [1.29, 1.82) is 0 Å². The van der Waals surface area contributed by atoms with Gasteiger partial charge in [0.05, 0.1) is 23.3 Å². The van der Waals surface area contributed by atoms with Crippen LogP contribution >= 0.6 is 23.2 Å². The van der Waals surface area contributed by atoms with E-state index in [1.54, 1.807) is 18.3 Å². The average Bonchev–Trinajstić information content (AvgIpc) is 3.01. The Labute approximate surface area is 256 Å². The van der Waals surface area contributed by atoms with Crippen LogP contribution in [0.2, 0.25) is 5.02 Å². The van der Waals surface area contributed by atoms with E-state index in [1.807, 2.05) is 24.3 Å². The smallest absolute Gasteiger partial charge is 0.339 e. The number of esters is 1. The van der Waals surface area contributed by atoms with Gasteiger partial charge < -0.3 is 18.9 Å². The van der Waals surface area contributed by atoms with Crippen LogP contribution in [-0.4, -0.2) is 49.0 Å². The van der Waals surface area contributed by atoms with Gasteiger partial charge in [0.25, 0.3) is 0 Å². The molecule has 3 aromatic rings. The zero-order valence-corrected chi connectivity index (χ0v) is 25.3. The summed E-state index contributed by atoms with van der Waals surface area (Å²) in [5.74, 6) is 0.531. The Morgan fingerprint density at radius 1 is 1.12 bits per heavy atom. The van der Waals surface area contributed by atoms with Gasteiger partial charge >= 0.3 is 5.97 Å². The quantitative estimate of drug-likeness (QED) is 0.0871. The molecule has 0 bridgehead atoms. The fraction of sp³-hybridized carbons (Fsp3) is 0.303. The van der Waals surface area contributed by atoms with Gasteiger partial charge in [-0.3, -0.25) is 9.78 Å². The summed E-state index contributed by atoms with van der Waals surface area (Å²) in [7, 11) is 1.30. The lowest BCUT2D eigenvalue weighted by Crippen LogP contribution is -2.45. The molecule has 0 spiro atoms. The first-order valence-electron chi connectivity index (χ1n) is 13.5. The SMILES string of the molecule is COC(=O)c1cncc(COc2cc(OCC3(OCCCCl)C=CC=C(c4ccccc4C)C3C)c(Cl)cc2C=O)c1. The molecule has 7 nitrogen and oxygen atoms in total. The van der Waals surface area contributed by atoms with E-state index in [0.717, 1.165) is 11.1 Å². The number of ether oxygens (including phenoxy) is 4. The summed E-state index contributed by atoms with van der Waals surface area (Å²) in [4.78, 5) is 27.8. The molecule has 4 rings (SSSR count). The maximum Gasteiger partial charge on any atom is 0.339 e. The van der Waals surface area contributed by atoms with Crippen molar-refractivity contribution in [1.82, 2.24) is 4.98 Å². The van der Waals surface area contributed by atoms with Gasteiger partial charge in [0.2, 0.25) is 0 Å². The standard InChI is InChI=1S/C33H33Cl2NO6/c1-22-8-4-5-9-27(22)28-10-6-11-33(23(28)2,42-13-7-12-34)21-41-31-16-30(26(19-37)15-29(31)35)40-20-24-14-25(18-36-17-24)32(38)39-3/h4-6,8-11,14-19,23H,7,12-13,20-21H2,1-3H3. The molecular formula is C33H33Cl2NO6. The normalized spacial score (nSPS) is 17.8. The maximum absolute atomic E-state index is 11.9. The first-order chi connectivity index (χ1) is 20.3. The molecule has 0 N–H and O–H groups in total. The Morgan fingerprint density at radius 2 is 1.93 bits per heavy atom. The summed E-state index contributed by atoms with van der Waals surface area (Å²) in [5.41, 5.74) is 3.83. The molecule has 0 saturated carbocycles. The van der Waals surface area contributed by atoms with Crippen LogP contribution < -0.4 is 9.47 Å². The van der Waals surface area contributed by atoms with E-state index in [9.17, 15) is 9.59 Å². The summed E-state index contributed by atoms with van der Waals surface area (Å²) in [5, 5.41) is 0.261. The van der Waals surface area contributed by atoms with Crippen LogP contribution in [0.5, 0.6) is 11.5 Å². The van der Waals surface area contributed by atoms with Crippen LogP contribution in [0, 0.1) is 12.8 Å². The Balaban J connectivity index is 1.58. The van der Waals surface area contributed by atoms with Gasteiger partial charge in [0.1, 0.15) is 30.3 Å². The van der Waals surface area contributed by atoms with E-state index >= 15 is 0 Å². The van der Waals surface area contributed by atoms with Crippen LogP contribution in [-0.2, 0) is 16.1 Å². The number of hydrogen-bond donors (Lipinski definition) is 0. The number of allylic oxidation sites excluding steroid dienone is 2. The number of benzene rings is 2. The molecule has 0 aliphatic heterocycles. The van der Waals surface area contributed by atoms with Gasteiger partial charge in [-0.2, -0.15) is 0 Å². The van der Waals surface area contributed by atoms with E-state index < -0.39 is 11.6 Å². The van der Waals surface area contributed by atoms with Crippen LogP contribution in [0.1, 0.15) is 50.8 Å². The molecule has 0 fully saturated rings. The van der Waals surface area contributed by atoms with Crippen molar-refractivity contribution in [3.63, 3.8) is 0 Å². The second kappa shape index (κ2) is 14.5. The van der Waals surface area contributed by atoms with E-state index in [0.29, 0.717) is 42.1 Å². The highest BCUT2D eigenvalue weighted by Crippen LogP contribution is 2.41. The third-order valence-corrected chi connectivity index (χ3v) is 7.78. The number of hydrogen-bond acceptors (Lipinski definition) is 7. The number of aldehydes is 1. The first kappa shape index (κ1) is 31.3. The zero-order valence-electron chi connectivity index (χ0n) is 23.8. The number of methoxy groups -OCH3 is 1. The Hall–Kier alpha value is -3.65. The highest BCUT2D eigenvalue weighted by atomic mass is 35.5. The number of halogens is 2. The van der Waals surface area contributed by atoms with Crippen molar-refractivity contribution in [3.05, 3.63) is 106 Å². The minimum Gasteiger partial charge on any atom is -0.489 e. The second-order valence-corrected chi connectivity index (χ2v) is 10.7. The minimum atomic E-state index is -0.800. The fourth-order valence-electron chi connectivity index (χ4n) is 4.82. The maximum atomic E-state index is 11.9. The topological polar surface area (TPSA) is 84.0 Å². The molecule has 9 heteroatoms. The van der Waals surface area contributed by atoms with Gasteiger partial charge in [-0.05, 0) is 48.3 Å². The van der Waals surface area contributed by atoms with Gasteiger partial charge in [-0.1, -0.05) is 54.9 Å². The van der Waals surface area contributed by atoms with Crippen molar-refractivity contribution >= 4 is 41.0 Å². The number of aryl methyl sites for hydroxylation is 1. The molecule has 0 saturated heterocycles. The van der Waals surface area contributed by atoms with Crippen molar-refractivity contribution in [3.8, 4) is 11.5 Å². The van der Waals surface area contributed by atoms with Crippen molar-refractivity contribution in [2.24, 2.45) is 5.92 Å². The highest BCUT2D eigenvalue weighted by molar-refractivity contribution is 6.32. The van der Waals surface area contributed by atoms with Crippen LogP contribution in [0.15, 0.2) is 73.1 Å². The molecule has 0 radical (unpaired) electrons. The summed E-state index contributed by atoms with van der Waals surface area (Å²) >= 11 is 12.5. The molecular weight excluding hydrogens is 577 g/mol. The van der Waals surface area contributed by atoms with Gasteiger partial charge in [-0.15, -0.1) is 11.6 Å². The Bertz CT molecular complexity index is 1490. The Morgan fingerprint density at radius 3 is 2.67 bits per heavy atom. The largest absolute Gasteiger partial charge is 0.489 e. The van der Waals surface area contributed by atoms with Crippen LogP contribution in [0.25, 0.3) is 5.57 Å². The van der Waals surface area contributed by atoms with Gasteiger partial charge in [0, 0.05) is 42.4 Å². The molecule has 1 heterocycles. The molecule has 220 valence electrons. The van der Waals surface area contributed by atoms with E-state index in [4.69, 9.17) is 42.1 Å². The lowest BCUT2D eigenvalue weighted by atomic mass is 9.76. The van der Waals surface area contributed by atoms with Crippen molar-refractivity contribution in [2.45, 2.75) is 32.5 Å². The van der Waals surface area contributed by atoms with Crippen LogP contribution in [0.4, 0.5) is 0 Å². The monoisotopic (exact) mass is 609 g/mol. The molecule has 1 aliphatic rings.